The highest BCUT2D eigenvalue weighted by Crippen LogP contribution is 2.37. The highest BCUT2D eigenvalue weighted by Gasteiger charge is 2.13. The van der Waals surface area contributed by atoms with E-state index in [1.165, 1.54) is 40.8 Å². The Morgan fingerprint density at radius 1 is 1.04 bits per heavy atom. The van der Waals surface area contributed by atoms with Crippen molar-refractivity contribution in [2.24, 2.45) is 0 Å². The smallest absolute Gasteiger partial charge is 0.142 e. The van der Waals surface area contributed by atoms with Gasteiger partial charge in [0.2, 0.25) is 0 Å². The normalized spacial score (nSPS) is 14.8. The van der Waals surface area contributed by atoms with Crippen LogP contribution in [0.3, 0.4) is 0 Å². The van der Waals surface area contributed by atoms with Gasteiger partial charge in [-0.1, -0.05) is 6.08 Å². The number of fused-ring (bicyclic) bond motifs is 2. The molecular weight excluding hydrogens is 348 g/mol. The molecule has 0 saturated heterocycles. The van der Waals surface area contributed by atoms with E-state index >= 15 is 0 Å². The number of thiazole rings is 1. The van der Waals surface area contributed by atoms with E-state index in [4.69, 9.17) is 0 Å². The number of anilines is 2. The summed E-state index contributed by atoms with van der Waals surface area (Å²) < 4.78 is 1.19. The summed E-state index contributed by atoms with van der Waals surface area (Å²) in [7, 11) is 0. The van der Waals surface area contributed by atoms with Gasteiger partial charge in [0, 0.05) is 10.6 Å². The van der Waals surface area contributed by atoms with Crippen molar-refractivity contribution < 1.29 is 0 Å². The van der Waals surface area contributed by atoms with Gasteiger partial charge < -0.3 is 5.32 Å². The summed E-state index contributed by atoms with van der Waals surface area (Å²) in [6.45, 7) is 0. The fraction of sp³-hybridized carbons (Fsp3) is 0.211. The Morgan fingerprint density at radius 3 is 2.96 bits per heavy atom. The molecule has 1 aliphatic rings. The molecule has 124 valence electrons. The van der Waals surface area contributed by atoms with Gasteiger partial charge in [0.15, 0.2) is 0 Å². The summed E-state index contributed by atoms with van der Waals surface area (Å²) in [6.07, 6.45) is 8.97. The summed E-state index contributed by atoms with van der Waals surface area (Å²) in [5.74, 6) is 0.860. The largest absolute Gasteiger partial charge is 0.340 e. The molecule has 0 spiro atoms. The lowest BCUT2D eigenvalue weighted by molar-refractivity contribution is 0.743. The van der Waals surface area contributed by atoms with Gasteiger partial charge >= 0.3 is 0 Å². The van der Waals surface area contributed by atoms with E-state index in [0.29, 0.717) is 0 Å². The van der Waals surface area contributed by atoms with E-state index in [9.17, 15) is 0 Å². The number of thiophene rings is 1. The second-order valence-corrected chi connectivity index (χ2v) is 8.10. The molecule has 0 saturated carbocycles. The van der Waals surface area contributed by atoms with Crippen molar-refractivity contribution in [3.63, 3.8) is 0 Å². The van der Waals surface area contributed by atoms with Crippen molar-refractivity contribution in [3.8, 4) is 0 Å². The van der Waals surface area contributed by atoms with Crippen LogP contribution in [-0.4, -0.2) is 15.0 Å². The molecule has 25 heavy (non-hydrogen) atoms. The van der Waals surface area contributed by atoms with E-state index in [1.807, 2.05) is 5.51 Å². The van der Waals surface area contributed by atoms with Crippen LogP contribution in [0, 0.1) is 0 Å². The predicted molar refractivity (Wildman–Crippen MR) is 107 cm³/mol. The Morgan fingerprint density at radius 2 is 2.04 bits per heavy atom. The molecule has 0 bridgehead atoms. The second-order valence-electron chi connectivity index (χ2n) is 6.19. The van der Waals surface area contributed by atoms with Crippen LogP contribution in [0.2, 0.25) is 0 Å². The Balaban J connectivity index is 1.54. The van der Waals surface area contributed by atoms with Crippen LogP contribution in [0.25, 0.3) is 26.0 Å². The van der Waals surface area contributed by atoms with Crippen molar-refractivity contribution in [2.75, 3.05) is 5.32 Å². The third-order valence-corrected chi connectivity index (χ3v) is 6.46. The molecule has 0 radical (unpaired) electrons. The maximum absolute atomic E-state index is 4.48. The lowest BCUT2D eigenvalue weighted by Gasteiger charge is -2.10. The topological polar surface area (TPSA) is 50.7 Å². The number of rotatable bonds is 3. The first-order valence-electron chi connectivity index (χ1n) is 8.41. The van der Waals surface area contributed by atoms with Crippen LogP contribution >= 0.6 is 22.7 Å². The molecular formula is C19H16N4S2. The first-order chi connectivity index (χ1) is 12.4. The molecule has 4 nitrogen and oxygen atoms in total. The zero-order valence-electron chi connectivity index (χ0n) is 13.5. The number of benzene rings is 1. The molecule has 5 rings (SSSR count). The maximum Gasteiger partial charge on any atom is 0.142 e. The van der Waals surface area contributed by atoms with Crippen LogP contribution in [0.4, 0.5) is 11.5 Å². The minimum absolute atomic E-state index is 0.860. The number of aromatic nitrogens is 3. The number of hydrogen-bond acceptors (Lipinski definition) is 6. The van der Waals surface area contributed by atoms with Crippen molar-refractivity contribution in [2.45, 2.75) is 25.7 Å². The molecule has 1 aliphatic carbocycles. The van der Waals surface area contributed by atoms with Gasteiger partial charge in [-0.25, -0.2) is 15.0 Å². The van der Waals surface area contributed by atoms with Gasteiger partial charge in [0.1, 0.15) is 17.0 Å². The van der Waals surface area contributed by atoms with Crippen LogP contribution in [0.15, 0.2) is 42.2 Å². The number of allylic oxidation sites excluding steroid dienone is 2. The second kappa shape index (κ2) is 6.20. The van der Waals surface area contributed by atoms with Gasteiger partial charge in [0.05, 0.1) is 21.1 Å². The van der Waals surface area contributed by atoms with E-state index in [1.54, 1.807) is 29.0 Å². The van der Waals surface area contributed by atoms with Crippen molar-refractivity contribution >= 4 is 60.2 Å². The van der Waals surface area contributed by atoms with Crippen LogP contribution in [-0.2, 0) is 0 Å². The predicted octanol–water partition coefficient (Wildman–Crippen LogP) is 6.00. The molecule has 3 heterocycles. The lowest BCUT2D eigenvalue weighted by Crippen LogP contribution is -1.94. The first-order valence-corrected chi connectivity index (χ1v) is 10.1. The fourth-order valence-corrected chi connectivity index (χ4v) is 4.97. The van der Waals surface area contributed by atoms with Gasteiger partial charge in [-0.3, -0.25) is 0 Å². The Hall–Kier alpha value is -2.31. The van der Waals surface area contributed by atoms with Crippen molar-refractivity contribution in [1.82, 2.24) is 15.0 Å². The average Bonchev–Trinajstić information content (AvgIpc) is 3.29. The van der Waals surface area contributed by atoms with Crippen LogP contribution < -0.4 is 5.32 Å². The minimum atomic E-state index is 0.860. The third-order valence-electron chi connectivity index (χ3n) is 4.53. The summed E-state index contributed by atoms with van der Waals surface area (Å²) in [5.41, 5.74) is 5.35. The zero-order chi connectivity index (χ0) is 16.6. The van der Waals surface area contributed by atoms with Crippen molar-refractivity contribution in [3.05, 3.63) is 47.1 Å². The Labute approximate surface area is 153 Å². The molecule has 0 atom stereocenters. The lowest BCUT2D eigenvalue weighted by atomic mass is 9.98. The first kappa shape index (κ1) is 15.0. The van der Waals surface area contributed by atoms with E-state index in [0.717, 1.165) is 27.2 Å². The summed E-state index contributed by atoms with van der Waals surface area (Å²) in [5, 5.41) is 4.54. The van der Waals surface area contributed by atoms with E-state index < -0.39 is 0 Å². The van der Waals surface area contributed by atoms with Crippen molar-refractivity contribution in [1.29, 1.82) is 0 Å². The van der Waals surface area contributed by atoms with E-state index in [-0.39, 0.29) is 0 Å². The molecule has 1 aromatic carbocycles. The van der Waals surface area contributed by atoms with E-state index in [2.05, 4.69) is 50.6 Å². The Bertz CT molecular complexity index is 1090. The summed E-state index contributed by atoms with van der Waals surface area (Å²) in [6, 6.07) is 8.47. The number of nitrogens with one attached hydrogen (secondary N) is 1. The molecule has 0 unspecified atom stereocenters. The highest BCUT2D eigenvalue weighted by atomic mass is 32.1. The maximum atomic E-state index is 4.48. The highest BCUT2D eigenvalue weighted by molar-refractivity contribution is 7.19. The molecule has 0 fully saturated rings. The zero-order valence-corrected chi connectivity index (χ0v) is 15.2. The van der Waals surface area contributed by atoms with Gasteiger partial charge in [-0.2, -0.15) is 0 Å². The molecule has 1 N–H and O–H groups in total. The van der Waals surface area contributed by atoms with Gasteiger partial charge in [0.25, 0.3) is 0 Å². The fourth-order valence-electron chi connectivity index (χ4n) is 3.25. The number of nitrogens with zero attached hydrogens (tertiary/aromatic N) is 3. The summed E-state index contributed by atoms with van der Waals surface area (Å²) in [4.78, 5) is 15.7. The van der Waals surface area contributed by atoms with Gasteiger partial charge in [-0.05, 0) is 55.5 Å². The molecule has 6 heteroatoms. The molecule has 0 amide bonds. The average molecular weight is 364 g/mol. The number of hydrogen-bond donors (Lipinski definition) is 1. The standard InChI is InChI=1S/C19H16N4S2/c1-2-4-12(5-3-1)17-9-14-18(20-10-21-19(14)25-17)23-13-6-7-16-15(8-13)22-11-24-16/h4,6-11H,1-3,5H2,(H,20,21,23). The minimum Gasteiger partial charge on any atom is -0.340 e. The molecule has 3 aromatic heterocycles. The van der Waals surface area contributed by atoms with Gasteiger partial charge in [-0.15, -0.1) is 22.7 Å². The summed E-state index contributed by atoms with van der Waals surface area (Å²) >= 11 is 3.42. The van der Waals surface area contributed by atoms with Crippen LogP contribution in [0.5, 0.6) is 0 Å². The third kappa shape index (κ3) is 2.81. The quantitative estimate of drug-likeness (QED) is 0.484. The monoisotopic (exact) mass is 364 g/mol. The molecule has 4 aromatic rings. The van der Waals surface area contributed by atoms with Crippen LogP contribution in [0.1, 0.15) is 30.6 Å². The SMILES string of the molecule is C1=C(c2cc3c(Nc4ccc5scnc5c4)ncnc3s2)CCCC1. The Kier molecular flexibility index (Phi) is 3.72. The molecule has 0 aliphatic heterocycles.